The third-order valence-corrected chi connectivity index (χ3v) is 32.0. The largest absolute Gasteiger partial charge is 0.361 e. The van der Waals surface area contributed by atoms with E-state index in [1.54, 1.807) is 40.7 Å². The molecule has 702 valence electrons. The predicted molar refractivity (Wildman–Crippen MR) is 544 cm³/mol. The third kappa shape index (κ3) is 21.1. The van der Waals surface area contributed by atoms with Gasteiger partial charge in [-0.25, -0.2) is 14.4 Å². The van der Waals surface area contributed by atoms with Gasteiger partial charge in [-0.3, -0.25) is 28.8 Å². The molecule has 5 N–H and O–H groups in total. The van der Waals surface area contributed by atoms with Crippen LogP contribution in [0.25, 0.3) is 32.7 Å². The second-order valence-corrected chi connectivity index (χ2v) is 43.4. The first kappa shape index (κ1) is 97.5. The van der Waals surface area contributed by atoms with Crippen molar-refractivity contribution in [1.82, 2.24) is 74.6 Å². The summed E-state index contributed by atoms with van der Waals surface area (Å²) >= 11 is 36.7. The number of nitrogens with zero attached hydrogens (tertiary/aromatic N) is 10. The highest BCUT2D eigenvalue weighted by Crippen LogP contribution is 2.59. The molecule has 0 aliphatic carbocycles. The summed E-state index contributed by atoms with van der Waals surface area (Å²) in [5.74, 6) is -0.572. The van der Waals surface area contributed by atoms with Crippen molar-refractivity contribution in [1.29, 1.82) is 0 Å². The average Bonchev–Trinajstić information content (AvgIpc) is 1.58. The van der Waals surface area contributed by atoms with E-state index in [2.05, 4.69) is 57.4 Å². The first-order chi connectivity index (χ1) is 64.8. The van der Waals surface area contributed by atoms with Gasteiger partial charge in [-0.05, 0) is 161 Å². The molecule has 9 aromatic carbocycles. The number of likely N-dealkylation sites (tertiary alicyclic amines) is 3. The molecule has 135 heavy (non-hydrogen) atoms. The predicted octanol–water partition coefficient (Wildman–Crippen LogP) is 20.2. The first-order valence-corrected chi connectivity index (χ1v) is 50.4. The molecule has 0 bridgehead atoms. The van der Waals surface area contributed by atoms with E-state index in [0.717, 1.165) is 106 Å². The molecule has 6 aliphatic rings. The fraction of sp³-hybridized carbons (Fsp3) is 0.324. The summed E-state index contributed by atoms with van der Waals surface area (Å²) < 4.78 is -1.60. The van der Waals surface area contributed by atoms with Crippen molar-refractivity contribution in [2.24, 2.45) is 0 Å². The van der Waals surface area contributed by atoms with Crippen molar-refractivity contribution in [3.8, 4) is 0 Å². The number of rotatable bonds is 19. The van der Waals surface area contributed by atoms with Crippen LogP contribution < -0.4 is 10.6 Å². The average molecular weight is 2080 g/mol. The lowest BCUT2D eigenvalue weighted by Crippen LogP contribution is -2.58. The van der Waals surface area contributed by atoms with E-state index in [1.807, 2.05) is 283 Å². The number of hydrogen-bond acceptors (Lipinski definition) is 12. The lowest BCUT2D eigenvalue weighted by atomic mass is 9.90. The summed E-state index contributed by atoms with van der Waals surface area (Å²) in [6.45, 7) is 15.8. The summed E-state index contributed by atoms with van der Waals surface area (Å²) in [6, 6.07) is 62.5. The van der Waals surface area contributed by atoms with Gasteiger partial charge in [0, 0.05) is 237 Å². The van der Waals surface area contributed by atoms with Crippen LogP contribution in [0.2, 0.25) is 20.1 Å². The highest BCUT2D eigenvalue weighted by molar-refractivity contribution is 9.10. The van der Waals surface area contributed by atoms with Crippen molar-refractivity contribution in [2.45, 2.75) is 127 Å². The maximum Gasteiger partial charge on any atom is 0.319 e. The van der Waals surface area contributed by atoms with Crippen LogP contribution in [0.3, 0.4) is 0 Å². The molecular weight excluding hydrogens is 1980 g/mol. The number of nitrogens with one attached hydrogen (secondary N) is 5. The van der Waals surface area contributed by atoms with Crippen molar-refractivity contribution >= 4 is 200 Å². The minimum Gasteiger partial charge on any atom is -0.361 e. The normalized spacial score (nSPS) is 20.3. The number of amides is 12. The lowest BCUT2D eigenvalue weighted by Gasteiger charge is -2.42. The monoisotopic (exact) mass is 2080 g/mol. The van der Waals surface area contributed by atoms with Crippen molar-refractivity contribution in [3.05, 3.63) is 298 Å². The van der Waals surface area contributed by atoms with Gasteiger partial charge in [0.25, 0.3) is 0 Å². The van der Waals surface area contributed by atoms with Crippen LogP contribution in [-0.2, 0) is 48.4 Å². The van der Waals surface area contributed by atoms with Gasteiger partial charge in [0.2, 0.25) is 35.4 Å². The van der Waals surface area contributed by atoms with Gasteiger partial charge in [-0.15, -0.1) is 35.3 Å². The number of aryl methyl sites for hydroxylation is 3. The smallest absolute Gasteiger partial charge is 0.319 e. The number of carbonyl (C=O) groups excluding carboxylic acids is 9. The Labute approximate surface area is 834 Å². The van der Waals surface area contributed by atoms with E-state index < -0.39 is 32.4 Å². The van der Waals surface area contributed by atoms with Crippen LogP contribution in [0, 0.1) is 20.8 Å². The van der Waals surface area contributed by atoms with E-state index in [0.29, 0.717) is 118 Å². The number of benzene rings is 9. The third-order valence-electron chi connectivity index (χ3n) is 25.8. The molecule has 6 fully saturated rings. The fourth-order valence-corrected chi connectivity index (χ4v) is 24.6. The molecule has 33 heteroatoms. The van der Waals surface area contributed by atoms with Crippen LogP contribution in [0.15, 0.2) is 242 Å². The molecule has 9 heterocycles. The number of thioether (sulfide) groups is 3. The highest BCUT2D eigenvalue weighted by atomic mass is 79.9. The van der Waals surface area contributed by atoms with Gasteiger partial charge >= 0.3 is 18.1 Å². The number of hydrogen-bond donors (Lipinski definition) is 5. The molecule has 0 radical (unpaired) electrons. The molecule has 12 aromatic rings. The van der Waals surface area contributed by atoms with Gasteiger partial charge < -0.3 is 74.6 Å². The molecule has 0 saturated carbocycles. The molecule has 3 aromatic heterocycles. The zero-order valence-corrected chi connectivity index (χ0v) is 84.6. The van der Waals surface area contributed by atoms with Crippen LogP contribution in [-0.4, -0.2) is 237 Å². The van der Waals surface area contributed by atoms with Gasteiger partial charge in [0.1, 0.15) is 14.2 Å². The molecular formula is C102H105Br2Cl4N15O9S3. The molecule has 6 saturated heterocycles. The van der Waals surface area contributed by atoms with Crippen molar-refractivity contribution < 1.29 is 43.2 Å². The molecule has 0 spiro atoms. The number of carbonyl (C=O) groups is 9. The Kier molecular flexibility index (Phi) is 30.2. The Bertz CT molecular complexity index is 6410. The van der Waals surface area contributed by atoms with Gasteiger partial charge in [-0.1, -0.05) is 186 Å². The maximum atomic E-state index is 15.1. The summed E-state index contributed by atoms with van der Waals surface area (Å²) in [5.41, 5.74) is 11.3. The second-order valence-electron chi connectivity index (χ2n) is 35.6. The zero-order valence-electron chi connectivity index (χ0n) is 76.0. The number of aromatic amines is 3. The molecule has 12 amide bonds. The van der Waals surface area contributed by atoms with Crippen LogP contribution in [0.5, 0.6) is 0 Å². The number of H-pyrrole nitrogens is 3. The molecule has 18 rings (SSSR count). The minimum absolute atomic E-state index is 0.0226. The highest BCUT2D eigenvalue weighted by Gasteiger charge is 2.63. The molecule has 6 aliphatic heterocycles. The van der Waals surface area contributed by atoms with Crippen LogP contribution >= 0.6 is 114 Å². The topological polar surface area (TPSA) is 257 Å². The number of aromatic nitrogens is 3. The Morgan fingerprint density at radius 1 is 0.393 bits per heavy atom. The lowest BCUT2D eigenvalue weighted by molar-refractivity contribution is -0.136. The van der Waals surface area contributed by atoms with E-state index in [9.17, 15) is 33.6 Å². The number of urea groups is 3. The SMILES string of the molecule is CNC(=O)N1CCN(C(=O)[C@]2(Sc3ccc(C)cc3)CC(=O)N(Cc3ccc(Cl)cc3)[C@H]2c2c[nH]c3cc(Cl)ccc23)CC1.Cc1ccc(S[C@@]2(C(=O)N3CCN(C(=O)N(C)C)CC3)CC(=O)N(Cc3ccc(Br)cc3)[C@H]2c2c[nH]c3cc(Cl)ccc23)cc1.Cc1ccc(S[C@@]2(C(=O)N3CCN(C(=O)NC(C)C)CC3)CC(=O)N(Cc3ccc(Br)cc3)[C@H]2c2c[nH]c3cc(Cl)ccc23)cc1. The summed E-state index contributed by atoms with van der Waals surface area (Å²) in [5, 5.41) is 10.8. The van der Waals surface area contributed by atoms with E-state index >= 15 is 9.59 Å². The quantitative estimate of drug-likeness (QED) is 0.0506. The Morgan fingerprint density at radius 3 is 0.956 bits per heavy atom. The van der Waals surface area contributed by atoms with Crippen molar-refractivity contribution in [2.75, 3.05) is 99.7 Å². The van der Waals surface area contributed by atoms with E-state index in [4.69, 9.17) is 46.4 Å². The summed E-state index contributed by atoms with van der Waals surface area (Å²) in [7, 11) is 5.07. The minimum atomic E-state index is -1.18. The Hall–Kier alpha value is -10.6. The van der Waals surface area contributed by atoms with Gasteiger partial charge in [0.05, 0.1) is 37.4 Å². The summed E-state index contributed by atoms with van der Waals surface area (Å²) in [4.78, 5) is 156. The molecule has 6 atom stereocenters. The van der Waals surface area contributed by atoms with Gasteiger partial charge in [-0.2, -0.15) is 0 Å². The van der Waals surface area contributed by atoms with E-state index in [-0.39, 0.29) is 78.8 Å². The zero-order chi connectivity index (χ0) is 95.5. The van der Waals surface area contributed by atoms with E-state index in [1.165, 1.54) is 35.3 Å². The Balaban J connectivity index is 0.000000147. The Morgan fingerprint density at radius 2 is 0.667 bits per heavy atom. The van der Waals surface area contributed by atoms with Crippen LogP contribution in [0.1, 0.15) is 101 Å². The standard InChI is InChI=1S/C35H37BrClN5O3S.C34H35BrClN5O3S.C33H33Cl2N5O3S/c1-22(2)39-34(45)41-16-14-40(15-17-41)33(44)35(46-27-11-4-23(3)5-12-27)19-31(43)42(21-24-6-8-25(36)9-7-24)32(35)29-20-38-30-18-26(37)10-13-28(29)30;1-22-4-11-26(12-5-22)45-34(32(43)39-14-16-40(17-15-39)33(44)38(2)3)19-30(42)41(21-23-6-8-24(35)9-7-23)31(34)28-20-37-29-18-25(36)10-13-27(28)29;1-21-3-10-25(11-4-21)44-33(31(42)38-13-15-39(16-14-38)32(43)36-2)18-29(41)40(20-22-5-7-23(34)8-6-22)30(33)27-19-37-28-17-24(35)9-12-26(27)28/h4-13,18,20,22,32,38H,14-17,19,21H2,1-3H3,(H,39,45);4-13,18,20,31,37H,14-17,19,21H2,1-3H3;3-12,17,19,30,37H,13-16,18,20H2,1-2H3,(H,36,43)/t32-,35-;31-,34-;30-,33-/m000/s1. The molecule has 0 unspecified atom stereocenters. The van der Waals surface area contributed by atoms with Crippen LogP contribution in [0.4, 0.5) is 14.4 Å². The summed E-state index contributed by atoms with van der Waals surface area (Å²) in [6.07, 6.45) is 5.86. The fourth-order valence-electron chi connectivity index (χ4n) is 19.0. The number of halogens is 6. The second kappa shape index (κ2) is 41.8. The molecule has 24 nitrogen and oxygen atoms in total. The number of piperazine rings is 3. The van der Waals surface area contributed by atoms with Crippen molar-refractivity contribution in [3.63, 3.8) is 0 Å². The number of fused-ring (bicyclic) bond motifs is 3. The first-order valence-electron chi connectivity index (χ1n) is 44.8. The maximum absolute atomic E-state index is 15.1. The van der Waals surface area contributed by atoms with Gasteiger partial charge in [0.15, 0.2) is 0 Å².